The third-order valence-corrected chi connectivity index (χ3v) is 3.82. The number of hydrogen-bond donors (Lipinski definition) is 1. The van der Waals surface area contributed by atoms with Gasteiger partial charge in [0.25, 0.3) is 0 Å². The van der Waals surface area contributed by atoms with E-state index in [1.165, 1.54) is 23.1 Å². The van der Waals surface area contributed by atoms with E-state index < -0.39 is 0 Å². The van der Waals surface area contributed by atoms with Crippen LogP contribution in [0.2, 0.25) is 0 Å². The predicted molar refractivity (Wildman–Crippen MR) is 73.5 cm³/mol. The van der Waals surface area contributed by atoms with Crippen LogP contribution in [0.5, 0.6) is 0 Å². The van der Waals surface area contributed by atoms with E-state index in [0.717, 1.165) is 6.54 Å². The van der Waals surface area contributed by atoms with Gasteiger partial charge in [0, 0.05) is 30.9 Å². The highest BCUT2D eigenvalue weighted by molar-refractivity contribution is 5.40. The molecule has 0 spiro atoms. The molecule has 1 aliphatic carbocycles. The Morgan fingerprint density at radius 3 is 2.94 bits per heavy atom. The fourth-order valence-corrected chi connectivity index (χ4v) is 2.61. The number of nitrogens with one attached hydrogen (secondary N) is 1. The molecular formula is C16H18N2. The monoisotopic (exact) mass is 238 g/mol. The van der Waals surface area contributed by atoms with E-state index >= 15 is 0 Å². The van der Waals surface area contributed by atoms with Crippen LogP contribution < -0.4 is 5.32 Å². The molecule has 0 radical (unpaired) electrons. The topological polar surface area (TPSA) is 24.9 Å². The average molecular weight is 238 g/mol. The highest BCUT2D eigenvalue weighted by atomic mass is 14.9. The van der Waals surface area contributed by atoms with Gasteiger partial charge < -0.3 is 5.32 Å². The number of pyridine rings is 1. The molecule has 0 aliphatic heterocycles. The highest BCUT2D eigenvalue weighted by Crippen LogP contribution is 2.34. The molecule has 1 N–H and O–H groups in total. The third-order valence-electron chi connectivity index (χ3n) is 3.82. The first kappa shape index (κ1) is 11.4. The lowest BCUT2D eigenvalue weighted by Gasteiger charge is -2.31. The largest absolute Gasteiger partial charge is 0.310 e. The highest BCUT2D eigenvalue weighted by Gasteiger charge is 2.25. The minimum absolute atomic E-state index is 0.367. The summed E-state index contributed by atoms with van der Waals surface area (Å²) in [5, 5.41) is 3.60. The number of hydrogen-bond acceptors (Lipinski definition) is 2. The van der Waals surface area contributed by atoms with Crippen LogP contribution in [0.3, 0.4) is 0 Å². The van der Waals surface area contributed by atoms with Gasteiger partial charge >= 0.3 is 0 Å². The Morgan fingerprint density at radius 2 is 2.17 bits per heavy atom. The Kier molecular flexibility index (Phi) is 3.11. The molecule has 0 amide bonds. The number of benzene rings is 1. The molecule has 2 atom stereocenters. The van der Waals surface area contributed by atoms with E-state index in [0.29, 0.717) is 12.0 Å². The normalized spacial score (nSPS) is 18.8. The summed E-state index contributed by atoms with van der Waals surface area (Å²) in [4.78, 5) is 4.16. The summed E-state index contributed by atoms with van der Waals surface area (Å²) in [5.41, 5.74) is 4.28. The number of fused-ring (bicyclic) bond motifs is 1. The molecule has 2 aromatic rings. The average Bonchev–Trinajstić information content (AvgIpc) is 2.40. The van der Waals surface area contributed by atoms with E-state index in [9.17, 15) is 0 Å². The van der Waals surface area contributed by atoms with Gasteiger partial charge in [-0.15, -0.1) is 0 Å². The molecule has 0 saturated heterocycles. The summed E-state index contributed by atoms with van der Waals surface area (Å²) < 4.78 is 0. The molecule has 3 rings (SSSR count). The van der Waals surface area contributed by atoms with E-state index in [1.807, 2.05) is 18.5 Å². The zero-order chi connectivity index (χ0) is 12.4. The van der Waals surface area contributed by atoms with Gasteiger partial charge in [-0.1, -0.05) is 30.3 Å². The van der Waals surface area contributed by atoms with Crippen molar-refractivity contribution >= 4 is 0 Å². The Hall–Kier alpha value is -1.67. The van der Waals surface area contributed by atoms with Crippen LogP contribution in [-0.2, 0) is 6.42 Å². The Balaban J connectivity index is 1.58. The van der Waals surface area contributed by atoms with E-state index in [4.69, 9.17) is 0 Å². The molecule has 1 heterocycles. The molecule has 1 unspecified atom stereocenters. The van der Waals surface area contributed by atoms with Gasteiger partial charge in [0.1, 0.15) is 0 Å². The summed E-state index contributed by atoms with van der Waals surface area (Å²) in [5.74, 6) is 0.681. The second-order valence-electron chi connectivity index (χ2n) is 5.02. The molecule has 0 saturated carbocycles. The molecule has 2 nitrogen and oxygen atoms in total. The summed E-state index contributed by atoms with van der Waals surface area (Å²) in [7, 11) is 0. The second-order valence-corrected chi connectivity index (χ2v) is 5.02. The zero-order valence-corrected chi connectivity index (χ0v) is 10.6. The molecule has 1 aromatic heterocycles. The maximum Gasteiger partial charge on any atom is 0.0315 e. The van der Waals surface area contributed by atoms with Crippen LogP contribution in [0.15, 0.2) is 48.8 Å². The fourth-order valence-electron chi connectivity index (χ4n) is 2.61. The first-order valence-corrected chi connectivity index (χ1v) is 6.55. The van der Waals surface area contributed by atoms with Crippen molar-refractivity contribution in [2.75, 3.05) is 6.54 Å². The van der Waals surface area contributed by atoms with Gasteiger partial charge in [-0.05, 0) is 36.1 Å². The summed E-state index contributed by atoms with van der Waals surface area (Å²) in [6.45, 7) is 3.24. The summed E-state index contributed by atoms with van der Waals surface area (Å²) in [6, 6.07) is 13.2. The smallest absolute Gasteiger partial charge is 0.0315 e. The maximum absolute atomic E-state index is 4.16. The number of nitrogens with zero attached hydrogens (tertiary/aromatic N) is 1. The van der Waals surface area contributed by atoms with Gasteiger partial charge in [-0.3, -0.25) is 4.98 Å². The maximum atomic E-state index is 4.16. The minimum Gasteiger partial charge on any atom is -0.310 e. The lowest BCUT2D eigenvalue weighted by atomic mass is 9.77. The van der Waals surface area contributed by atoms with Crippen LogP contribution in [-0.4, -0.2) is 11.5 Å². The van der Waals surface area contributed by atoms with Crippen molar-refractivity contribution in [3.8, 4) is 0 Å². The Morgan fingerprint density at radius 1 is 1.28 bits per heavy atom. The Bertz CT molecular complexity index is 520. The van der Waals surface area contributed by atoms with Crippen molar-refractivity contribution in [3.63, 3.8) is 0 Å². The Labute approximate surface area is 108 Å². The van der Waals surface area contributed by atoms with E-state index in [2.05, 4.69) is 47.6 Å². The molecule has 1 aromatic carbocycles. The quantitative estimate of drug-likeness (QED) is 0.885. The molecule has 1 aliphatic rings. The predicted octanol–water partition coefficient (Wildman–Crippen LogP) is 3.07. The number of rotatable bonds is 4. The first-order valence-electron chi connectivity index (χ1n) is 6.55. The number of aromatic nitrogens is 1. The SMILES string of the molecule is C[C@@H](NCC1Cc2ccccc21)c1cccnc1. The molecule has 0 bridgehead atoms. The van der Waals surface area contributed by atoms with Gasteiger partial charge in [0.15, 0.2) is 0 Å². The van der Waals surface area contributed by atoms with Crippen LogP contribution in [0, 0.1) is 0 Å². The first-order chi connectivity index (χ1) is 8.84. The molecule has 2 heteroatoms. The fraction of sp³-hybridized carbons (Fsp3) is 0.312. The van der Waals surface area contributed by atoms with E-state index in [1.54, 1.807) is 0 Å². The minimum atomic E-state index is 0.367. The summed E-state index contributed by atoms with van der Waals surface area (Å²) in [6.07, 6.45) is 4.97. The summed E-state index contributed by atoms with van der Waals surface area (Å²) >= 11 is 0. The van der Waals surface area contributed by atoms with Crippen molar-refractivity contribution in [1.82, 2.24) is 10.3 Å². The van der Waals surface area contributed by atoms with E-state index in [-0.39, 0.29) is 0 Å². The van der Waals surface area contributed by atoms with Crippen molar-refractivity contribution in [1.29, 1.82) is 0 Å². The molecule has 18 heavy (non-hydrogen) atoms. The van der Waals surface area contributed by atoms with Crippen LogP contribution in [0.4, 0.5) is 0 Å². The standard InChI is InChI=1S/C16H18N2/c1-12(14-6-4-8-17-10-14)18-11-15-9-13-5-2-3-7-16(13)15/h2-8,10,12,15,18H,9,11H2,1H3/t12-,15?/m1/s1. The zero-order valence-electron chi connectivity index (χ0n) is 10.6. The van der Waals surface area contributed by atoms with Gasteiger partial charge in [0.2, 0.25) is 0 Å². The molecule has 92 valence electrons. The van der Waals surface area contributed by atoms with Crippen molar-refractivity contribution < 1.29 is 0 Å². The van der Waals surface area contributed by atoms with Crippen molar-refractivity contribution in [3.05, 3.63) is 65.5 Å². The van der Waals surface area contributed by atoms with Gasteiger partial charge in [-0.25, -0.2) is 0 Å². The van der Waals surface area contributed by atoms with Crippen LogP contribution >= 0.6 is 0 Å². The van der Waals surface area contributed by atoms with Crippen LogP contribution in [0.1, 0.15) is 35.6 Å². The second kappa shape index (κ2) is 4.91. The van der Waals surface area contributed by atoms with Crippen molar-refractivity contribution in [2.45, 2.75) is 25.3 Å². The molecule has 0 fully saturated rings. The lowest BCUT2D eigenvalue weighted by Crippen LogP contribution is -2.30. The lowest BCUT2D eigenvalue weighted by molar-refractivity contribution is 0.488. The third kappa shape index (κ3) is 2.16. The van der Waals surface area contributed by atoms with Crippen LogP contribution in [0.25, 0.3) is 0 Å². The van der Waals surface area contributed by atoms with Gasteiger partial charge in [-0.2, -0.15) is 0 Å². The van der Waals surface area contributed by atoms with Crippen molar-refractivity contribution in [2.24, 2.45) is 0 Å². The van der Waals surface area contributed by atoms with Gasteiger partial charge in [0.05, 0.1) is 0 Å². The molecular weight excluding hydrogens is 220 g/mol.